The minimum Gasteiger partial charge on any atom is -0.497 e. The number of benzene rings is 1. The molecule has 1 saturated carbocycles. The molecule has 0 amide bonds. The van der Waals surface area contributed by atoms with Gasteiger partial charge >= 0.3 is 0 Å². The molecule has 0 bridgehead atoms. The number of anilines is 2. The van der Waals surface area contributed by atoms with E-state index in [2.05, 4.69) is 27.4 Å². The molecule has 5 nitrogen and oxygen atoms in total. The second kappa shape index (κ2) is 6.22. The minimum atomic E-state index is 0.649. The Kier molecular flexibility index (Phi) is 4.13. The van der Waals surface area contributed by atoms with Crippen molar-refractivity contribution in [1.82, 2.24) is 9.97 Å². The van der Waals surface area contributed by atoms with Crippen molar-refractivity contribution in [2.24, 2.45) is 0 Å². The molecule has 0 atom stereocenters. The zero-order valence-corrected chi connectivity index (χ0v) is 13.3. The molecule has 0 unspecified atom stereocenters. The third-order valence-corrected chi connectivity index (χ3v) is 3.90. The molecule has 0 radical (unpaired) electrons. The average molecular weight is 298 g/mol. The van der Waals surface area contributed by atoms with Crippen LogP contribution in [0.4, 0.5) is 11.8 Å². The van der Waals surface area contributed by atoms with E-state index >= 15 is 0 Å². The Bertz CT molecular complexity index is 653. The van der Waals surface area contributed by atoms with Crippen molar-refractivity contribution in [3.63, 3.8) is 0 Å². The van der Waals surface area contributed by atoms with Crippen molar-refractivity contribution in [2.45, 2.75) is 25.3 Å². The molecule has 1 aliphatic carbocycles. The van der Waals surface area contributed by atoms with E-state index in [1.165, 1.54) is 24.0 Å². The predicted molar refractivity (Wildman–Crippen MR) is 88.7 cm³/mol. The molecule has 1 aromatic carbocycles. The van der Waals surface area contributed by atoms with E-state index in [0.717, 1.165) is 11.6 Å². The minimum absolute atomic E-state index is 0.649. The Hall–Kier alpha value is -2.30. The van der Waals surface area contributed by atoms with Gasteiger partial charge in [-0.3, -0.25) is 0 Å². The zero-order valence-electron chi connectivity index (χ0n) is 13.3. The molecule has 0 spiro atoms. The maximum atomic E-state index is 5.35. The number of aromatic nitrogens is 2. The van der Waals surface area contributed by atoms with Gasteiger partial charge in [0.15, 0.2) is 0 Å². The highest BCUT2D eigenvalue weighted by Gasteiger charge is 2.26. The van der Waals surface area contributed by atoms with Gasteiger partial charge in [0.1, 0.15) is 11.6 Å². The smallest absolute Gasteiger partial charge is 0.224 e. The normalized spacial score (nSPS) is 13.8. The van der Waals surface area contributed by atoms with E-state index in [-0.39, 0.29) is 0 Å². The summed E-state index contributed by atoms with van der Waals surface area (Å²) in [5, 5.41) is 3.33. The summed E-state index contributed by atoms with van der Waals surface area (Å²) in [6, 6.07) is 8.23. The standard InChI is InChI=1S/C17H22N4O/c1-21(2)16-8-9-18-17(20-16)19-11-13-10-14(22-3)6-7-15(13)12-4-5-12/h6-10,12H,4-5,11H2,1-3H3,(H,18,19,20). The lowest BCUT2D eigenvalue weighted by atomic mass is 10.0. The highest BCUT2D eigenvalue weighted by Crippen LogP contribution is 2.42. The van der Waals surface area contributed by atoms with Gasteiger partial charge in [-0.25, -0.2) is 4.98 Å². The molecule has 3 rings (SSSR count). The van der Waals surface area contributed by atoms with Gasteiger partial charge in [-0.2, -0.15) is 4.98 Å². The topological polar surface area (TPSA) is 50.3 Å². The summed E-state index contributed by atoms with van der Waals surface area (Å²) in [5.41, 5.74) is 2.68. The van der Waals surface area contributed by atoms with E-state index in [1.54, 1.807) is 13.3 Å². The monoisotopic (exact) mass is 298 g/mol. The van der Waals surface area contributed by atoms with Crippen LogP contribution in [0.5, 0.6) is 5.75 Å². The summed E-state index contributed by atoms with van der Waals surface area (Å²) < 4.78 is 5.35. The number of nitrogens with zero attached hydrogens (tertiary/aromatic N) is 3. The van der Waals surface area contributed by atoms with Crippen molar-refractivity contribution < 1.29 is 4.74 Å². The van der Waals surface area contributed by atoms with Crippen LogP contribution in [0.3, 0.4) is 0 Å². The lowest BCUT2D eigenvalue weighted by Crippen LogP contribution is -2.13. The summed E-state index contributed by atoms with van der Waals surface area (Å²) in [6.07, 6.45) is 4.34. The Morgan fingerprint density at radius 3 is 2.77 bits per heavy atom. The number of nitrogens with one attached hydrogen (secondary N) is 1. The molecular formula is C17H22N4O. The number of hydrogen-bond donors (Lipinski definition) is 1. The molecule has 22 heavy (non-hydrogen) atoms. The Morgan fingerprint density at radius 2 is 2.09 bits per heavy atom. The number of methoxy groups -OCH3 is 1. The summed E-state index contributed by atoms with van der Waals surface area (Å²) in [5.74, 6) is 3.14. The van der Waals surface area contributed by atoms with Gasteiger partial charge in [0, 0.05) is 26.8 Å². The highest BCUT2D eigenvalue weighted by molar-refractivity contribution is 5.44. The number of hydrogen-bond acceptors (Lipinski definition) is 5. The highest BCUT2D eigenvalue weighted by atomic mass is 16.5. The number of rotatable bonds is 6. The summed E-state index contributed by atoms with van der Waals surface area (Å²) in [7, 11) is 5.64. The molecule has 1 heterocycles. The summed E-state index contributed by atoms with van der Waals surface area (Å²) in [4.78, 5) is 10.7. The molecule has 116 valence electrons. The fourth-order valence-corrected chi connectivity index (χ4v) is 2.51. The molecule has 1 aromatic heterocycles. The number of ether oxygens (including phenoxy) is 1. The van der Waals surface area contributed by atoms with Crippen LogP contribution in [0.25, 0.3) is 0 Å². The molecule has 0 saturated heterocycles. The summed E-state index contributed by atoms with van der Waals surface area (Å²) >= 11 is 0. The SMILES string of the molecule is COc1ccc(C2CC2)c(CNc2nccc(N(C)C)n2)c1. The third-order valence-electron chi connectivity index (χ3n) is 3.90. The molecule has 5 heteroatoms. The second-order valence-corrected chi connectivity index (χ2v) is 5.83. The van der Waals surface area contributed by atoms with Crippen molar-refractivity contribution in [2.75, 3.05) is 31.4 Å². The van der Waals surface area contributed by atoms with E-state index in [9.17, 15) is 0 Å². The van der Waals surface area contributed by atoms with Crippen molar-refractivity contribution in [3.8, 4) is 5.75 Å². The molecule has 1 aliphatic rings. The van der Waals surface area contributed by atoms with Crippen LogP contribution < -0.4 is 15.0 Å². The Balaban J connectivity index is 1.76. The third kappa shape index (κ3) is 3.30. The summed E-state index contributed by atoms with van der Waals surface area (Å²) in [6.45, 7) is 0.708. The van der Waals surface area contributed by atoms with Gasteiger partial charge in [0.05, 0.1) is 7.11 Å². The fourth-order valence-electron chi connectivity index (χ4n) is 2.51. The maximum Gasteiger partial charge on any atom is 0.224 e. The zero-order chi connectivity index (χ0) is 15.5. The first-order valence-corrected chi connectivity index (χ1v) is 7.58. The van der Waals surface area contributed by atoms with Crippen molar-refractivity contribution in [1.29, 1.82) is 0 Å². The van der Waals surface area contributed by atoms with Crippen LogP contribution in [0.15, 0.2) is 30.5 Å². The van der Waals surface area contributed by atoms with E-state index in [4.69, 9.17) is 4.74 Å². The molecule has 2 aromatic rings. The van der Waals surface area contributed by atoms with Crippen LogP contribution in [-0.4, -0.2) is 31.2 Å². The van der Waals surface area contributed by atoms with Gasteiger partial charge in [-0.15, -0.1) is 0 Å². The van der Waals surface area contributed by atoms with Gasteiger partial charge in [-0.1, -0.05) is 6.07 Å². The van der Waals surface area contributed by atoms with Gasteiger partial charge in [0.2, 0.25) is 5.95 Å². The van der Waals surface area contributed by atoms with Crippen molar-refractivity contribution >= 4 is 11.8 Å². The Labute approximate surface area is 131 Å². The van der Waals surface area contributed by atoms with Crippen molar-refractivity contribution in [3.05, 3.63) is 41.6 Å². The first-order valence-electron chi connectivity index (χ1n) is 7.58. The van der Waals surface area contributed by atoms with Gasteiger partial charge < -0.3 is 15.0 Å². The Morgan fingerprint density at radius 1 is 1.27 bits per heavy atom. The molecule has 1 N–H and O–H groups in total. The van der Waals surface area contributed by atoms with Crippen LogP contribution in [0.1, 0.15) is 29.9 Å². The molecule has 0 aliphatic heterocycles. The first-order chi connectivity index (χ1) is 10.7. The molecular weight excluding hydrogens is 276 g/mol. The largest absolute Gasteiger partial charge is 0.497 e. The molecule has 1 fully saturated rings. The second-order valence-electron chi connectivity index (χ2n) is 5.83. The van der Waals surface area contributed by atoms with Crippen LogP contribution in [0.2, 0.25) is 0 Å². The van der Waals surface area contributed by atoms with Crippen LogP contribution in [-0.2, 0) is 6.54 Å². The predicted octanol–water partition coefficient (Wildman–Crippen LogP) is 3.04. The maximum absolute atomic E-state index is 5.35. The van der Waals surface area contributed by atoms with E-state index in [1.807, 2.05) is 31.1 Å². The average Bonchev–Trinajstić information content (AvgIpc) is 3.37. The first kappa shape index (κ1) is 14.6. The lowest BCUT2D eigenvalue weighted by molar-refractivity contribution is 0.414. The fraction of sp³-hybridized carbons (Fsp3) is 0.412. The van der Waals surface area contributed by atoms with Gasteiger partial charge in [0.25, 0.3) is 0 Å². The van der Waals surface area contributed by atoms with E-state index in [0.29, 0.717) is 18.4 Å². The van der Waals surface area contributed by atoms with E-state index < -0.39 is 0 Å². The van der Waals surface area contributed by atoms with Crippen LogP contribution >= 0.6 is 0 Å². The quantitative estimate of drug-likeness (QED) is 0.888. The lowest BCUT2D eigenvalue weighted by Gasteiger charge is -2.14. The van der Waals surface area contributed by atoms with Gasteiger partial charge in [-0.05, 0) is 48.1 Å². The van der Waals surface area contributed by atoms with Crippen LogP contribution in [0, 0.1) is 0 Å².